The van der Waals surface area contributed by atoms with Crippen LogP contribution in [-0.4, -0.2) is 21.2 Å². The minimum absolute atomic E-state index is 0.0671. The number of H-pyrrole nitrogens is 1. The van der Waals surface area contributed by atoms with E-state index in [1.807, 2.05) is 18.2 Å². The van der Waals surface area contributed by atoms with Crippen LogP contribution in [0.25, 0.3) is 10.2 Å². The number of hydrogen-bond acceptors (Lipinski definition) is 4. The van der Waals surface area contributed by atoms with E-state index in [0.29, 0.717) is 0 Å². The van der Waals surface area contributed by atoms with Crippen LogP contribution in [0, 0.1) is 3.95 Å². The molecule has 0 radical (unpaired) electrons. The van der Waals surface area contributed by atoms with Crippen LogP contribution in [0.1, 0.15) is 10.4 Å². The fourth-order valence-corrected chi connectivity index (χ4v) is 2.66. The Bertz CT molecular complexity index is 756. The lowest BCUT2D eigenvalue weighted by atomic mass is 10.2. The van der Waals surface area contributed by atoms with Gasteiger partial charge >= 0.3 is 5.97 Å². The van der Waals surface area contributed by atoms with E-state index in [4.69, 9.17) is 22.4 Å². The molecule has 3 N–H and O–H groups in total. The molecule has 20 heavy (non-hydrogen) atoms. The maximum atomic E-state index is 10.3. The first-order valence-corrected chi connectivity index (χ1v) is 6.89. The van der Waals surface area contributed by atoms with Crippen LogP contribution >= 0.6 is 23.6 Å². The molecule has 0 bridgehead atoms. The number of hydrogen-bond donors (Lipinski definition) is 3. The highest BCUT2D eigenvalue weighted by molar-refractivity contribution is 7.73. The van der Waals surface area contributed by atoms with Crippen LogP contribution in [0.3, 0.4) is 0 Å². The van der Waals surface area contributed by atoms with Gasteiger partial charge in [0.2, 0.25) is 0 Å². The van der Waals surface area contributed by atoms with E-state index in [2.05, 4.69) is 11.1 Å². The summed E-state index contributed by atoms with van der Waals surface area (Å²) in [5.74, 6) is -1.31. The maximum Gasteiger partial charge on any atom is 0.339 e. The van der Waals surface area contributed by atoms with Gasteiger partial charge in [-0.2, -0.15) is 0 Å². The van der Waals surface area contributed by atoms with Crippen molar-refractivity contribution >= 4 is 39.7 Å². The molecule has 0 atom stereocenters. The summed E-state index contributed by atoms with van der Waals surface area (Å²) in [6.45, 7) is 0. The Morgan fingerprint density at radius 3 is 2.35 bits per heavy atom. The number of nitrogens with one attached hydrogen (secondary N) is 1. The number of rotatable bonds is 1. The Morgan fingerprint density at radius 1 is 1.10 bits per heavy atom. The Labute approximate surface area is 124 Å². The molecular formula is C14H11NO3S2. The van der Waals surface area contributed by atoms with Gasteiger partial charge < -0.3 is 15.2 Å². The first kappa shape index (κ1) is 14.2. The fourth-order valence-electron chi connectivity index (χ4n) is 1.55. The smallest absolute Gasteiger partial charge is 0.339 e. The van der Waals surface area contributed by atoms with E-state index in [-0.39, 0.29) is 11.3 Å². The molecule has 102 valence electrons. The van der Waals surface area contributed by atoms with E-state index in [0.717, 1.165) is 9.47 Å². The number of aromatic amines is 1. The average Bonchev–Trinajstić information content (AvgIpc) is 2.79. The second kappa shape index (κ2) is 6.31. The van der Waals surface area contributed by atoms with Gasteiger partial charge in [-0.1, -0.05) is 24.3 Å². The number of carboxylic acid groups (broad SMARTS) is 1. The molecule has 0 amide bonds. The van der Waals surface area contributed by atoms with Gasteiger partial charge in [0.15, 0.2) is 3.95 Å². The van der Waals surface area contributed by atoms with E-state index in [1.165, 1.54) is 16.8 Å². The van der Waals surface area contributed by atoms with Gasteiger partial charge in [0.1, 0.15) is 11.3 Å². The van der Waals surface area contributed by atoms with Crippen LogP contribution < -0.4 is 0 Å². The summed E-state index contributed by atoms with van der Waals surface area (Å²) in [5, 5.41) is 17.3. The Balaban J connectivity index is 0.000000147. The van der Waals surface area contributed by atoms with Gasteiger partial charge in [-0.15, -0.1) is 11.3 Å². The number of aromatic carboxylic acids is 1. The molecule has 4 nitrogen and oxygen atoms in total. The monoisotopic (exact) mass is 305 g/mol. The number of phenols is 1. The zero-order valence-electron chi connectivity index (χ0n) is 10.2. The van der Waals surface area contributed by atoms with Crippen molar-refractivity contribution in [3.8, 4) is 5.75 Å². The lowest BCUT2D eigenvalue weighted by Gasteiger charge is -1.95. The maximum absolute atomic E-state index is 10.3. The largest absolute Gasteiger partial charge is 0.507 e. The SMILES string of the molecule is O=C(O)c1ccccc1O.S=c1[nH]c2ccccc2s1. The van der Waals surface area contributed by atoms with Crippen molar-refractivity contribution in [2.24, 2.45) is 0 Å². The zero-order valence-corrected chi connectivity index (χ0v) is 11.9. The van der Waals surface area contributed by atoms with Gasteiger partial charge in [0, 0.05) is 0 Å². The number of carboxylic acids is 1. The summed E-state index contributed by atoms with van der Waals surface area (Å²) < 4.78 is 2.08. The molecule has 0 aliphatic rings. The number of thiazole rings is 1. The topological polar surface area (TPSA) is 73.3 Å². The van der Waals surface area contributed by atoms with Crippen LogP contribution in [-0.2, 0) is 0 Å². The third-order valence-corrected chi connectivity index (χ3v) is 3.68. The standard InChI is InChI=1S/C7H5NS2.C7H6O3/c9-7-8-5-3-1-2-4-6(5)10-7;8-6-4-2-1-3-5(6)7(9)10/h1-4H,(H,8,9);1-4,8H,(H,9,10). The second-order valence-corrected chi connectivity index (χ2v) is 5.55. The highest BCUT2D eigenvalue weighted by Gasteiger charge is 2.05. The molecule has 0 saturated carbocycles. The Kier molecular flexibility index (Phi) is 4.49. The molecule has 0 spiro atoms. The molecule has 1 aromatic heterocycles. The summed E-state index contributed by atoms with van der Waals surface area (Å²) in [6, 6.07) is 13.9. The van der Waals surface area contributed by atoms with E-state index in [9.17, 15) is 4.79 Å². The fraction of sp³-hybridized carbons (Fsp3) is 0. The molecule has 1 heterocycles. The van der Waals surface area contributed by atoms with Crippen molar-refractivity contribution in [1.29, 1.82) is 0 Å². The summed E-state index contributed by atoms with van der Waals surface area (Å²) in [5.41, 5.74) is 1.07. The molecule has 0 unspecified atom stereocenters. The molecule has 0 aliphatic carbocycles. The molecule has 0 aliphatic heterocycles. The van der Waals surface area contributed by atoms with Gasteiger partial charge in [-0.3, -0.25) is 0 Å². The van der Waals surface area contributed by atoms with Gasteiger partial charge in [0.25, 0.3) is 0 Å². The lowest BCUT2D eigenvalue weighted by Crippen LogP contribution is -1.95. The second-order valence-electron chi connectivity index (χ2n) is 3.83. The minimum Gasteiger partial charge on any atom is -0.507 e. The molecule has 3 rings (SSSR count). The molecule has 0 fully saturated rings. The van der Waals surface area contributed by atoms with E-state index in [1.54, 1.807) is 23.5 Å². The van der Waals surface area contributed by atoms with Crippen molar-refractivity contribution in [3.63, 3.8) is 0 Å². The third kappa shape index (κ3) is 3.43. The lowest BCUT2D eigenvalue weighted by molar-refractivity contribution is 0.0694. The molecule has 6 heteroatoms. The first-order chi connectivity index (χ1) is 9.58. The predicted octanol–water partition coefficient (Wildman–Crippen LogP) is 4.05. The number of carbonyl (C=O) groups is 1. The van der Waals surface area contributed by atoms with Crippen molar-refractivity contribution < 1.29 is 15.0 Å². The average molecular weight is 305 g/mol. The normalized spacial score (nSPS) is 9.80. The number of fused-ring (bicyclic) bond motifs is 1. The first-order valence-electron chi connectivity index (χ1n) is 5.67. The summed E-state index contributed by atoms with van der Waals surface area (Å²) in [6.07, 6.45) is 0. The number of aromatic hydroxyl groups is 1. The highest BCUT2D eigenvalue weighted by Crippen LogP contribution is 2.17. The van der Waals surface area contributed by atoms with Gasteiger partial charge in [0.05, 0.1) is 10.2 Å². The van der Waals surface area contributed by atoms with Gasteiger partial charge in [-0.25, -0.2) is 4.79 Å². The van der Waals surface area contributed by atoms with E-state index < -0.39 is 5.97 Å². The summed E-state index contributed by atoms with van der Waals surface area (Å²) in [4.78, 5) is 13.4. The van der Waals surface area contributed by atoms with Crippen LogP contribution in [0.15, 0.2) is 48.5 Å². The minimum atomic E-state index is -1.11. The molecule has 2 aromatic carbocycles. The van der Waals surface area contributed by atoms with Crippen LogP contribution in [0.2, 0.25) is 0 Å². The Morgan fingerprint density at radius 2 is 1.75 bits per heavy atom. The summed E-state index contributed by atoms with van der Waals surface area (Å²) in [7, 11) is 0. The number of benzene rings is 2. The van der Waals surface area contributed by atoms with Crippen molar-refractivity contribution in [2.45, 2.75) is 0 Å². The predicted molar refractivity (Wildman–Crippen MR) is 82.1 cm³/mol. The molecule has 0 saturated heterocycles. The Hall–Kier alpha value is -2.18. The molecule has 3 aromatic rings. The number of para-hydroxylation sites is 2. The van der Waals surface area contributed by atoms with Crippen LogP contribution in [0.5, 0.6) is 5.75 Å². The highest BCUT2D eigenvalue weighted by atomic mass is 32.1. The van der Waals surface area contributed by atoms with Gasteiger partial charge in [-0.05, 0) is 36.5 Å². The van der Waals surface area contributed by atoms with Crippen LogP contribution in [0.4, 0.5) is 0 Å². The summed E-state index contributed by atoms with van der Waals surface area (Å²) >= 11 is 6.59. The van der Waals surface area contributed by atoms with E-state index >= 15 is 0 Å². The third-order valence-electron chi connectivity index (χ3n) is 2.46. The van der Waals surface area contributed by atoms with Crippen molar-refractivity contribution in [3.05, 3.63) is 58.0 Å². The van der Waals surface area contributed by atoms with Crippen molar-refractivity contribution in [1.82, 2.24) is 4.98 Å². The zero-order chi connectivity index (χ0) is 14.5. The van der Waals surface area contributed by atoms with Crippen molar-refractivity contribution in [2.75, 3.05) is 0 Å². The number of aromatic nitrogens is 1. The molecular weight excluding hydrogens is 294 g/mol. The quantitative estimate of drug-likeness (QED) is 0.593.